The first kappa shape index (κ1) is 12.9. The number of carbonyl (C=O) groups excluding carboxylic acids is 1. The molecule has 0 unspecified atom stereocenters. The van der Waals surface area contributed by atoms with Crippen LogP contribution in [0.2, 0.25) is 0 Å². The number of nitrogen functional groups attached to an aromatic ring is 1. The van der Waals surface area contributed by atoms with Crippen molar-refractivity contribution in [3.63, 3.8) is 0 Å². The summed E-state index contributed by atoms with van der Waals surface area (Å²) in [5, 5.41) is 0. The van der Waals surface area contributed by atoms with E-state index in [0.717, 1.165) is 24.3 Å². The van der Waals surface area contributed by atoms with E-state index in [4.69, 9.17) is 5.73 Å². The van der Waals surface area contributed by atoms with Crippen LogP contribution in [0.1, 0.15) is 12.0 Å². The number of benzene rings is 1. The number of methoxy groups -OCH3 is 1. The zero-order chi connectivity index (χ0) is 11.8. The molecule has 3 nitrogen and oxygen atoms in total. The molecule has 0 radical (unpaired) electrons. The number of nitrogens with two attached hydrogens (primary N) is 1. The van der Waals surface area contributed by atoms with Crippen LogP contribution in [0.4, 0.5) is 5.69 Å². The quantitative estimate of drug-likeness (QED) is 0.469. The average molecular weight is 239 g/mol. The lowest BCUT2D eigenvalue weighted by atomic mass is 10.1. The first-order valence-corrected chi connectivity index (χ1v) is 6.37. The van der Waals surface area contributed by atoms with Crippen molar-refractivity contribution >= 4 is 23.4 Å². The molecule has 0 bridgehead atoms. The molecule has 88 valence electrons. The molecule has 0 amide bonds. The van der Waals surface area contributed by atoms with E-state index in [-0.39, 0.29) is 5.97 Å². The molecule has 0 aliphatic carbocycles. The van der Waals surface area contributed by atoms with Gasteiger partial charge in [0.05, 0.1) is 12.9 Å². The van der Waals surface area contributed by atoms with Crippen LogP contribution >= 0.6 is 11.8 Å². The van der Waals surface area contributed by atoms with Gasteiger partial charge >= 0.3 is 5.97 Å². The molecule has 0 saturated heterocycles. The van der Waals surface area contributed by atoms with Crippen molar-refractivity contribution < 1.29 is 9.53 Å². The van der Waals surface area contributed by atoms with Crippen LogP contribution in [0, 0.1) is 0 Å². The van der Waals surface area contributed by atoms with Crippen LogP contribution in [0.3, 0.4) is 0 Å². The predicted octanol–water partition coefficient (Wildman–Crippen LogP) is 2.11. The second kappa shape index (κ2) is 7.17. The SMILES string of the molecule is COC(=O)CSCCCc1cccc(N)c1. The van der Waals surface area contributed by atoms with Gasteiger partial charge in [-0.3, -0.25) is 4.79 Å². The Morgan fingerprint density at radius 3 is 3.00 bits per heavy atom. The molecule has 4 heteroatoms. The van der Waals surface area contributed by atoms with Gasteiger partial charge in [-0.15, -0.1) is 0 Å². The summed E-state index contributed by atoms with van der Waals surface area (Å²) < 4.78 is 4.55. The summed E-state index contributed by atoms with van der Waals surface area (Å²) in [6.45, 7) is 0. The molecular weight excluding hydrogens is 222 g/mol. The van der Waals surface area contributed by atoms with Gasteiger partial charge < -0.3 is 10.5 Å². The molecule has 0 fully saturated rings. The van der Waals surface area contributed by atoms with Crippen molar-refractivity contribution in [3.05, 3.63) is 29.8 Å². The third-order valence-electron chi connectivity index (χ3n) is 2.15. The molecule has 0 aromatic heterocycles. The lowest BCUT2D eigenvalue weighted by molar-refractivity contribution is -0.137. The van der Waals surface area contributed by atoms with Crippen molar-refractivity contribution in [3.8, 4) is 0 Å². The minimum absolute atomic E-state index is 0.158. The molecule has 0 aliphatic rings. The molecule has 16 heavy (non-hydrogen) atoms. The summed E-state index contributed by atoms with van der Waals surface area (Å²) in [5.74, 6) is 1.24. The molecule has 2 N–H and O–H groups in total. The summed E-state index contributed by atoms with van der Waals surface area (Å²) in [6.07, 6.45) is 2.05. The van der Waals surface area contributed by atoms with Gasteiger partial charge in [0, 0.05) is 5.69 Å². The number of carbonyl (C=O) groups is 1. The highest BCUT2D eigenvalue weighted by Crippen LogP contribution is 2.11. The van der Waals surface area contributed by atoms with Crippen molar-refractivity contribution in [2.75, 3.05) is 24.3 Å². The number of esters is 1. The molecule has 0 atom stereocenters. The topological polar surface area (TPSA) is 52.3 Å². The highest BCUT2D eigenvalue weighted by atomic mass is 32.2. The van der Waals surface area contributed by atoms with Gasteiger partial charge in [-0.1, -0.05) is 12.1 Å². The van der Waals surface area contributed by atoms with Gasteiger partial charge in [-0.25, -0.2) is 0 Å². The van der Waals surface area contributed by atoms with Crippen LogP contribution in [-0.4, -0.2) is 24.6 Å². The van der Waals surface area contributed by atoms with Gasteiger partial charge in [-0.05, 0) is 36.3 Å². The molecule has 0 saturated carbocycles. The summed E-state index contributed by atoms with van der Waals surface area (Å²) in [6, 6.07) is 7.91. The number of thioether (sulfide) groups is 1. The van der Waals surface area contributed by atoms with E-state index < -0.39 is 0 Å². The molecule has 0 spiro atoms. The molecule has 0 aliphatic heterocycles. The van der Waals surface area contributed by atoms with E-state index in [9.17, 15) is 4.79 Å². The maximum absolute atomic E-state index is 10.8. The van der Waals surface area contributed by atoms with Gasteiger partial charge in [0.1, 0.15) is 0 Å². The third kappa shape index (κ3) is 5.07. The minimum Gasteiger partial charge on any atom is -0.468 e. The van der Waals surface area contributed by atoms with Crippen LogP contribution < -0.4 is 5.73 Å². The van der Waals surface area contributed by atoms with Gasteiger partial charge in [-0.2, -0.15) is 11.8 Å². The Bertz CT molecular complexity index is 342. The average Bonchev–Trinajstić information content (AvgIpc) is 2.28. The Kier molecular flexibility index (Phi) is 5.78. The van der Waals surface area contributed by atoms with E-state index in [1.165, 1.54) is 12.7 Å². The Balaban J connectivity index is 2.14. The third-order valence-corrected chi connectivity index (χ3v) is 3.17. The fourth-order valence-electron chi connectivity index (χ4n) is 1.34. The Morgan fingerprint density at radius 1 is 1.50 bits per heavy atom. The van der Waals surface area contributed by atoms with Crippen molar-refractivity contribution in [2.24, 2.45) is 0 Å². The van der Waals surface area contributed by atoms with Crippen molar-refractivity contribution in [2.45, 2.75) is 12.8 Å². The summed E-state index contributed by atoms with van der Waals surface area (Å²) in [5.41, 5.74) is 7.73. The number of aryl methyl sites for hydroxylation is 1. The largest absolute Gasteiger partial charge is 0.468 e. The van der Waals surface area contributed by atoms with Crippen LogP contribution in [0.15, 0.2) is 24.3 Å². The summed E-state index contributed by atoms with van der Waals surface area (Å²) >= 11 is 1.60. The van der Waals surface area contributed by atoms with Gasteiger partial charge in [0.2, 0.25) is 0 Å². The Labute approximate surface area is 100 Å². The molecular formula is C12H17NO2S. The number of anilines is 1. The van der Waals surface area contributed by atoms with Crippen molar-refractivity contribution in [1.82, 2.24) is 0 Å². The van der Waals surface area contributed by atoms with Gasteiger partial charge in [0.25, 0.3) is 0 Å². The van der Waals surface area contributed by atoms with Crippen LogP contribution in [-0.2, 0) is 16.0 Å². The fourth-order valence-corrected chi connectivity index (χ4v) is 2.12. The Morgan fingerprint density at radius 2 is 2.31 bits per heavy atom. The molecule has 1 aromatic carbocycles. The minimum atomic E-state index is -0.158. The number of hydrogen-bond donors (Lipinski definition) is 1. The monoisotopic (exact) mass is 239 g/mol. The first-order valence-electron chi connectivity index (χ1n) is 5.21. The summed E-state index contributed by atoms with van der Waals surface area (Å²) in [4.78, 5) is 10.8. The fraction of sp³-hybridized carbons (Fsp3) is 0.417. The zero-order valence-corrected chi connectivity index (χ0v) is 10.3. The number of ether oxygens (including phenoxy) is 1. The second-order valence-electron chi connectivity index (χ2n) is 3.48. The lowest BCUT2D eigenvalue weighted by Crippen LogP contribution is -2.03. The maximum atomic E-state index is 10.8. The predicted molar refractivity (Wildman–Crippen MR) is 68.5 cm³/mol. The molecule has 0 heterocycles. The van der Waals surface area contributed by atoms with Crippen molar-refractivity contribution in [1.29, 1.82) is 0 Å². The first-order chi connectivity index (χ1) is 7.72. The zero-order valence-electron chi connectivity index (χ0n) is 9.44. The normalized spacial score (nSPS) is 10.1. The van der Waals surface area contributed by atoms with Crippen LogP contribution in [0.5, 0.6) is 0 Å². The lowest BCUT2D eigenvalue weighted by Gasteiger charge is -2.02. The van der Waals surface area contributed by atoms with Crippen LogP contribution in [0.25, 0.3) is 0 Å². The standard InChI is InChI=1S/C12H17NO2S/c1-15-12(14)9-16-7-3-5-10-4-2-6-11(13)8-10/h2,4,6,8H,3,5,7,9,13H2,1H3. The molecule has 1 rings (SSSR count). The highest BCUT2D eigenvalue weighted by molar-refractivity contribution is 7.99. The summed E-state index contributed by atoms with van der Waals surface area (Å²) in [7, 11) is 1.41. The van der Waals surface area contributed by atoms with E-state index in [1.54, 1.807) is 11.8 Å². The van der Waals surface area contributed by atoms with E-state index in [0.29, 0.717) is 5.75 Å². The number of hydrogen-bond acceptors (Lipinski definition) is 4. The number of rotatable bonds is 6. The molecule has 1 aromatic rings. The maximum Gasteiger partial charge on any atom is 0.315 e. The second-order valence-corrected chi connectivity index (χ2v) is 4.58. The highest BCUT2D eigenvalue weighted by Gasteiger charge is 2.00. The van der Waals surface area contributed by atoms with E-state index >= 15 is 0 Å². The van der Waals surface area contributed by atoms with E-state index in [2.05, 4.69) is 10.8 Å². The Hall–Kier alpha value is -1.16. The van der Waals surface area contributed by atoms with E-state index in [1.807, 2.05) is 18.2 Å². The van der Waals surface area contributed by atoms with Gasteiger partial charge in [0.15, 0.2) is 0 Å². The smallest absolute Gasteiger partial charge is 0.315 e.